The molecule has 1 atom stereocenters. The molecule has 0 spiro atoms. The van der Waals surface area contributed by atoms with Gasteiger partial charge in [-0.2, -0.15) is 5.26 Å². The number of rotatable bonds is 5. The number of nitrogens with two attached hydrogens (primary N) is 1. The summed E-state index contributed by atoms with van der Waals surface area (Å²) in [7, 11) is 0. The molecule has 1 aromatic heterocycles. The number of nitrogens with zero attached hydrogens (tertiary/aromatic N) is 2. The predicted octanol–water partition coefficient (Wildman–Crippen LogP) is 0.386. The van der Waals surface area contributed by atoms with E-state index in [1.807, 2.05) is 6.92 Å². The summed E-state index contributed by atoms with van der Waals surface area (Å²) in [5.74, 6) is -0.286. The van der Waals surface area contributed by atoms with Crippen LogP contribution in [0, 0.1) is 18.3 Å². The number of ether oxygens (including phenoxy) is 2. The highest BCUT2D eigenvalue weighted by atomic mass is 16.5. The van der Waals surface area contributed by atoms with Crippen molar-refractivity contribution in [1.29, 1.82) is 5.26 Å². The summed E-state index contributed by atoms with van der Waals surface area (Å²) in [6.07, 6.45) is 0.857. The lowest BCUT2D eigenvalue weighted by Crippen LogP contribution is -3.14. The molecule has 0 unspecified atom stereocenters. The number of hydrogen-bond donors (Lipinski definition) is 3. The van der Waals surface area contributed by atoms with Crippen molar-refractivity contribution in [2.45, 2.75) is 25.8 Å². The van der Waals surface area contributed by atoms with E-state index in [0.717, 1.165) is 45.0 Å². The van der Waals surface area contributed by atoms with Crippen LogP contribution >= 0.6 is 0 Å². The largest absolute Gasteiger partial charge is 0.508 e. The molecule has 4 N–H and O–H groups in total. The quantitative estimate of drug-likeness (QED) is 0.641. The summed E-state index contributed by atoms with van der Waals surface area (Å²) in [5.41, 5.74) is 7.77. The third-order valence-corrected chi connectivity index (χ3v) is 6.01. The van der Waals surface area contributed by atoms with Crippen LogP contribution in [0.1, 0.15) is 29.2 Å². The molecule has 8 heteroatoms. The van der Waals surface area contributed by atoms with Gasteiger partial charge in [0.1, 0.15) is 36.2 Å². The fourth-order valence-corrected chi connectivity index (χ4v) is 4.40. The van der Waals surface area contributed by atoms with E-state index in [4.69, 9.17) is 15.2 Å². The van der Waals surface area contributed by atoms with Crippen LogP contribution in [-0.2, 0) is 11.3 Å². The molecule has 1 saturated heterocycles. The Kier molecular flexibility index (Phi) is 5.98. The Labute approximate surface area is 180 Å². The summed E-state index contributed by atoms with van der Waals surface area (Å²) in [5, 5.41) is 19.7. The number of quaternary nitrogens is 1. The maximum absolute atomic E-state index is 13.6. The first kappa shape index (κ1) is 21.0. The number of nitriles is 1. The van der Waals surface area contributed by atoms with Gasteiger partial charge in [-0.3, -0.25) is 4.79 Å². The van der Waals surface area contributed by atoms with Gasteiger partial charge in [-0.15, -0.1) is 0 Å². The van der Waals surface area contributed by atoms with Gasteiger partial charge < -0.3 is 29.8 Å². The van der Waals surface area contributed by atoms with Gasteiger partial charge in [-0.1, -0.05) is 12.1 Å². The van der Waals surface area contributed by atoms with Gasteiger partial charge in [0.05, 0.1) is 31.2 Å². The first-order valence-electron chi connectivity index (χ1n) is 10.5. The second-order valence-electron chi connectivity index (χ2n) is 8.01. The number of phenolic OH excluding ortho intramolecular Hbond substituents is 1. The van der Waals surface area contributed by atoms with E-state index < -0.39 is 5.92 Å². The predicted molar refractivity (Wildman–Crippen MR) is 114 cm³/mol. The first-order valence-corrected chi connectivity index (χ1v) is 10.5. The van der Waals surface area contributed by atoms with Crippen LogP contribution in [0.15, 0.2) is 46.6 Å². The molecule has 2 aromatic rings. The normalized spacial score (nSPS) is 18.9. The molecule has 1 fully saturated rings. The third-order valence-electron chi connectivity index (χ3n) is 6.01. The highest BCUT2D eigenvalue weighted by Gasteiger charge is 2.34. The summed E-state index contributed by atoms with van der Waals surface area (Å²) in [6.45, 7) is 6.95. The van der Waals surface area contributed by atoms with Crippen LogP contribution in [0.4, 0.5) is 0 Å². The van der Waals surface area contributed by atoms with Crippen molar-refractivity contribution in [2.75, 3.05) is 32.8 Å². The van der Waals surface area contributed by atoms with Gasteiger partial charge in [0.15, 0.2) is 0 Å². The lowest BCUT2D eigenvalue weighted by Gasteiger charge is -2.28. The summed E-state index contributed by atoms with van der Waals surface area (Å²) >= 11 is 0. The standard InChI is InChI=1S/C23H26N4O4/c1-15-12-19-21(23(29)27(15)7-3-6-26-8-10-30-11-9-26)20(18(14-24)22(25)31-19)16-4-2-5-17(28)13-16/h2,4-5,12-13,20,28H,3,6-11,25H2,1H3/p+1/t20-/m0/s1. The van der Waals surface area contributed by atoms with Crippen LogP contribution < -0.4 is 20.9 Å². The number of aromatic hydroxyl groups is 1. The SMILES string of the molecule is Cc1cc2c(c(=O)n1CCC[NH+]1CCOCC1)[C@@H](c1cccc(O)c1)C(C#N)=C(N)O2. The maximum atomic E-state index is 13.6. The van der Waals surface area contributed by atoms with Gasteiger partial charge in [0, 0.05) is 24.7 Å². The van der Waals surface area contributed by atoms with Crippen LogP contribution in [0.25, 0.3) is 0 Å². The molecule has 1 aromatic carbocycles. The van der Waals surface area contributed by atoms with E-state index in [1.165, 1.54) is 4.90 Å². The average Bonchev–Trinajstić information content (AvgIpc) is 2.76. The molecule has 3 heterocycles. The summed E-state index contributed by atoms with van der Waals surface area (Å²) in [6, 6.07) is 10.4. The van der Waals surface area contributed by atoms with Gasteiger partial charge in [0.25, 0.3) is 5.56 Å². The molecule has 4 rings (SSSR count). The number of aryl methyl sites for hydroxylation is 1. The number of pyridine rings is 1. The Balaban J connectivity index is 1.70. The zero-order valence-corrected chi connectivity index (χ0v) is 17.6. The number of aromatic nitrogens is 1. The number of allylic oxidation sites excluding steroid dienone is 1. The molecule has 0 bridgehead atoms. The minimum Gasteiger partial charge on any atom is -0.508 e. The minimum absolute atomic E-state index is 0.0178. The van der Waals surface area contributed by atoms with E-state index in [9.17, 15) is 15.2 Å². The molecule has 162 valence electrons. The smallest absolute Gasteiger partial charge is 0.258 e. The molecule has 0 saturated carbocycles. The highest BCUT2D eigenvalue weighted by Crippen LogP contribution is 2.41. The molecule has 0 radical (unpaired) electrons. The lowest BCUT2D eigenvalue weighted by molar-refractivity contribution is -0.908. The number of morpholine rings is 1. The molecular weight excluding hydrogens is 396 g/mol. The van der Waals surface area contributed by atoms with Crippen molar-refractivity contribution in [2.24, 2.45) is 5.73 Å². The van der Waals surface area contributed by atoms with Gasteiger partial charge in [0.2, 0.25) is 5.88 Å². The Morgan fingerprint density at radius 3 is 2.81 bits per heavy atom. The van der Waals surface area contributed by atoms with E-state index in [0.29, 0.717) is 23.4 Å². The fraction of sp³-hybridized carbons (Fsp3) is 0.391. The average molecular weight is 423 g/mol. The van der Waals surface area contributed by atoms with Gasteiger partial charge >= 0.3 is 0 Å². The van der Waals surface area contributed by atoms with Gasteiger partial charge in [-0.25, -0.2) is 0 Å². The Hall–Kier alpha value is -3.28. The Bertz CT molecular complexity index is 1110. The van der Waals surface area contributed by atoms with Crippen molar-refractivity contribution in [3.05, 3.63) is 69.0 Å². The molecule has 2 aliphatic rings. The molecule has 0 amide bonds. The number of fused-ring (bicyclic) bond motifs is 1. The summed E-state index contributed by atoms with van der Waals surface area (Å²) in [4.78, 5) is 15.1. The zero-order chi connectivity index (χ0) is 22.0. The highest BCUT2D eigenvalue weighted by molar-refractivity contribution is 5.55. The monoisotopic (exact) mass is 423 g/mol. The molecule has 0 aliphatic carbocycles. The first-order chi connectivity index (χ1) is 15.0. The molecule has 2 aliphatic heterocycles. The number of phenols is 1. The minimum atomic E-state index is -0.690. The fourth-order valence-electron chi connectivity index (χ4n) is 4.40. The molecule has 31 heavy (non-hydrogen) atoms. The lowest BCUT2D eigenvalue weighted by atomic mass is 9.84. The Morgan fingerprint density at radius 2 is 2.10 bits per heavy atom. The van der Waals surface area contributed by atoms with Crippen molar-refractivity contribution >= 4 is 0 Å². The number of benzene rings is 1. The van der Waals surface area contributed by atoms with Crippen molar-refractivity contribution in [1.82, 2.24) is 4.57 Å². The van der Waals surface area contributed by atoms with E-state index in [2.05, 4.69) is 6.07 Å². The number of hydrogen-bond acceptors (Lipinski definition) is 6. The van der Waals surface area contributed by atoms with Crippen molar-refractivity contribution < 1.29 is 19.5 Å². The van der Waals surface area contributed by atoms with Crippen LogP contribution in [0.5, 0.6) is 11.5 Å². The van der Waals surface area contributed by atoms with Crippen LogP contribution in [0.3, 0.4) is 0 Å². The van der Waals surface area contributed by atoms with E-state index >= 15 is 0 Å². The van der Waals surface area contributed by atoms with E-state index in [1.54, 1.807) is 34.9 Å². The topological polar surface area (TPSA) is 115 Å². The second kappa shape index (κ2) is 8.84. The number of nitrogens with one attached hydrogen (secondary N) is 1. The van der Waals surface area contributed by atoms with E-state index in [-0.39, 0.29) is 22.8 Å². The molecule has 8 nitrogen and oxygen atoms in total. The maximum Gasteiger partial charge on any atom is 0.258 e. The Morgan fingerprint density at radius 1 is 1.32 bits per heavy atom. The second-order valence-corrected chi connectivity index (χ2v) is 8.01. The van der Waals surface area contributed by atoms with Crippen LogP contribution in [-0.4, -0.2) is 42.5 Å². The third kappa shape index (κ3) is 4.15. The van der Waals surface area contributed by atoms with Crippen LogP contribution in [0.2, 0.25) is 0 Å². The molecular formula is C23H27N4O4+. The summed E-state index contributed by atoms with van der Waals surface area (Å²) < 4.78 is 12.8. The van der Waals surface area contributed by atoms with Gasteiger partial charge in [-0.05, 0) is 24.6 Å². The zero-order valence-electron chi connectivity index (χ0n) is 17.6. The van der Waals surface area contributed by atoms with Crippen molar-refractivity contribution in [3.8, 4) is 17.6 Å². The van der Waals surface area contributed by atoms with Crippen molar-refractivity contribution in [3.63, 3.8) is 0 Å².